The van der Waals surface area contributed by atoms with Crippen LogP contribution in [-0.2, 0) is 32.1 Å². The second kappa shape index (κ2) is 14.3. The zero-order valence-corrected chi connectivity index (χ0v) is 19.2. The predicted octanol–water partition coefficient (Wildman–Crippen LogP) is 2.40. The van der Waals surface area contributed by atoms with Crippen molar-refractivity contribution in [2.24, 2.45) is 0 Å². The SMILES string of the molecule is CCCC[C@H](NC(=O)[C@H](Cc1ccccc1)NC(=O)CNC(=O)OCc1ccccc1)C(=O)O. The van der Waals surface area contributed by atoms with Gasteiger partial charge in [0.2, 0.25) is 11.8 Å². The molecule has 9 nitrogen and oxygen atoms in total. The van der Waals surface area contributed by atoms with Crippen molar-refractivity contribution in [2.75, 3.05) is 6.54 Å². The van der Waals surface area contributed by atoms with E-state index < -0.39 is 42.5 Å². The number of ether oxygens (including phenoxy) is 1. The van der Waals surface area contributed by atoms with Gasteiger partial charge in [-0.05, 0) is 17.5 Å². The number of hydrogen-bond donors (Lipinski definition) is 4. The van der Waals surface area contributed by atoms with Crippen LogP contribution in [0.4, 0.5) is 4.79 Å². The maximum Gasteiger partial charge on any atom is 0.407 e. The maximum absolute atomic E-state index is 12.9. The fourth-order valence-electron chi connectivity index (χ4n) is 3.17. The summed E-state index contributed by atoms with van der Waals surface area (Å²) in [5.74, 6) is -2.34. The normalized spacial score (nSPS) is 12.1. The van der Waals surface area contributed by atoms with E-state index in [0.717, 1.165) is 17.5 Å². The van der Waals surface area contributed by atoms with Gasteiger partial charge >= 0.3 is 12.1 Å². The molecule has 0 unspecified atom stereocenters. The molecule has 0 saturated heterocycles. The third-order valence-corrected chi connectivity index (χ3v) is 5.00. The molecule has 2 aromatic rings. The summed E-state index contributed by atoms with van der Waals surface area (Å²) in [6, 6.07) is 16.1. The monoisotopic (exact) mass is 469 g/mol. The van der Waals surface area contributed by atoms with Crippen molar-refractivity contribution in [3.8, 4) is 0 Å². The van der Waals surface area contributed by atoms with E-state index >= 15 is 0 Å². The Hall–Kier alpha value is -3.88. The number of carbonyl (C=O) groups is 4. The van der Waals surface area contributed by atoms with Crippen molar-refractivity contribution >= 4 is 23.9 Å². The quantitative estimate of drug-likeness (QED) is 0.356. The third-order valence-electron chi connectivity index (χ3n) is 5.00. The highest BCUT2D eigenvalue weighted by Gasteiger charge is 2.26. The Bertz CT molecular complexity index is 936. The Balaban J connectivity index is 1.94. The fourth-order valence-corrected chi connectivity index (χ4v) is 3.17. The molecule has 0 saturated carbocycles. The molecule has 182 valence electrons. The van der Waals surface area contributed by atoms with Gasteiger partial charge in [-0.15, -0.1) is 0 Å². The third kappa shape index (κ3) is 9.72. The number of rotatable bonds is 13. The van der Waals surface area contributed by atoms with Gasteiger partial charge in [0, 0.05) is 6.42 Å². The Morgan fingerprint density at radius 1 is 0.882 bits per heavy atom. The Morgan fingerprint density at radius 3 is 2.09 bits per heavy atom. The number of amides is 3. The van der Waals surface area contributed by atoms with Crippen LogP contribution in [0.25, 0.3) is 0 Å². The molecule has 0 aliphatic carbocycles. The molecule has 0 heterocycles. The van der Waals surface area contributed by atoms with Crippen LogP contribution < -0.4 is 16.0 Å². The summed E-state index contributed by atoms with van der Waals surface area (Å²) in [7, 11) is 0. The van der Waals surface area contributed by atoms with E-state index in [9.17, 15) is 24.3 Å². The Morgan fingerprint density at radius 2 is 1.50 bits per heavy atom. The number of carboxylic acid groups (broad SMARTS) is 1. The van der Waals surface area contributed by atoms with E-state index in [0.29, 0.717) is 12.8 Å². The molecule has 2 rings (SSSR count). The maximum atomic E-state index is 12.9. The molecule has 0 spiro atoms. The Kier molecular flexibility index (Phi) is 11.1. The number of nitrogens with one attached hydrogen (secondary N) is 3. The van der Waals surface area contributed by atoms with Crippen molar-refractivity contribution in [1.82, 2.24) is 16.0 Å². The molecule has 2 atom stereocenters. The van der Waals surface area contributed by atoms with Gasteiger partial charge in [0.05, 0.1) is 0 Å². The van der Waals surface area contributed by atoms with E-state index in [1.165, 1.54) is 0 Å². The van der Waals surface area contributed by atoms with Crippen LogP contribution in [0.1, 0.15) is 37.3 Å². The first-order valence-electron chi connectivity index (χ1n) is 11.2. The molecule has 34 heavy (non-hydrogen) atoms. The second-order valence-corrected chi connectivity index (χ2v) is 7.77. The average molecular weight is 470 g/mol. The fraction of sp³-hybridized carbons (Fsp3) is 0.360. The number of alkyl carbamates (subject to hydrolysis) is 1. The van der Waals surface area contributed by atoms with E-state index in [1.54, 1.807) is 36.4 Å². The van der Waals surface area contributed by atoms with E-state index in [2.05, 4.69) is 16.0 Å². The lowest BCUT2D eigenvalue weighted by Gasteiger charge is -2.22. The smallest absolute Gasteiger partial charge is 0.407 e. The number of unbranched alkanes of at least 4 members (excludes halogenated alkanes) is 1. The number of carboxylic acids is 1. The van der Waals surface area contributed by atoms with Crippen molar-refractivity contribution in [3.05, 3.63) is 71.8 Å². The van der Waals surface area contributed by atoms with Crippen LogP contribution in [0, 0.1) is 0 Å². The predicted molar refractivity (Wildman–Crippen MR) is 126 cm³/mol. The van der Waals surface area contributed by atoms with Gasteiger partial charge in [0.15, 0.2) is 0 Å². The minimum atomic E-state index is -1.13. The summed E-state index contributed by atoms with van der Waals surface area (Å²) in [5.41, 5.74) is 1.59. The summed E-state index contributed by atoms with van der Waals surface area (Å²) in [6.45, 7) is 1.59. The van der Waals surface area contributed by atoms with E-state index in [-0.39, 0.29) is 13.0 Å². The summed E-state index contributed by atoms with van der Waals surface area (Å²) in [4.78, 5) is 48.7. The molecular formula is C25H31N3O6. The summed E-state index contributed by atoms with van der Waals surface area (Å²) < 4.78 is 5.07. The highest BCUT2D eigenvalue weighted by Crippen LogP contribution is 2.06. The van der Waals surface area contributed by atoms with Crippen molar-refractivity contribution in [2.45, 2.75) is 51.3 Å². The summed E-state index contributed by atoms with van der Waals surface area (Å²) in [5, 5.41) is 16.9. The lowest BCUT2D eigenvalue weighted by atomic mass is 10.0. The molecule has 0 aliphatic rings. The van der Waals surface area contributed by atoms with E-state index in [1.807, 2.05) is 31.2 Å². The first-order chi connectivity index (χ1) is 16.4. The van der Waals surface area contributed by atoms with Gasteiger partial charge in [-0.1, -0.05) is 80.4 Å². The number of benzene rings is 2. The van der Waals surface area contributed by atoms with Gasteiger partial charge in [-0.3, -0.25) is 9.59 Å². The lowest BCUT2D eigenvalue weighted by Crippen LogP contribution is -2.53. The number of hydrogen-bond acceptors (Lipinski definition) is 5. The average Bonchev–Trinajstić information content (AvgIpc) is 2.84. The van der Waals surface area contributed by atoms with Crippen LogP contribution in [-0.4, -0.2) is 47.6 Å². The summed E-state index contributed by atoms with van der Waals surface area (Å²) >= 11 is 0. The molecule has 0 bridgehead atoms. The van der Waals surface area contributed by atoms with Crippen LogP contribution >= 0.6 is 0 Å². The second-order valence-electron chi connectivity index (χ2n) is 7.77. The van der Waals surface area contributed by atoms with Gasteiger partial charge in [-0.25, -0.2) is 9.59 Å². The largest absolute Gasteiger partial charge is 0.480 e. The van der Waals surface area contributed by atoms with Crippen molar-refractivity contribution in [3.63, 3.8) is 0 Å². The topological polar surface area (TPSA) is 134 Å². The van der Waals surface area contributed by atoms with Crippen molar-refractivity contribution < 1.29 is 29.0 Å². The minimum Gasteiger partial charge on any atom is -0.480 e. The molecule has 0 aliphatic heterocycles. The molecule has 0 aromatic heterocycles. The van der Waals surface area contributed by atoms with Gasteiger partial charge in [0.1, 0.15) is 25.2 Å². The first-order valence-corrected chi connectivity index (χ1v) is 11.2. The Labute approximate surface area is 198 Å². The minimum absolute atomic E-state index is 0.0572. The molecule has 2 aromatic carbocycles. The zero-order valence-electron chi connectivity index (χ0n) is 19.2. The van der Waals surface area contributed by atoms with Gasteiger partial charge in [-0.2, -0.15) is 0 Å². The molecule has 0 radical (unpaired) electrons. The summed E-state index contributed by atoms with van der Waals surface area (Å²) in [6.07, 6.45) is 1.11. The van der Waals surface area contributed by atoms with Gasteiger partial charge in [0.25, 0.3) is 0 Å². The number of aliphatic carboxylic acids is 1. The molecule has 0 fully saturated rings. The lowest BCUT2D eigenvalue weighted by molar-refractivity contribution is -0.142. The standard InChI is InChI=1S/C25H31N3O6/c1-2-3-14-20(24(31)32)28-23(30)21(15-18-10-6-4-7-11-18)27-22(29)16-26-25(33)34-17-19-12-8-5-9-13-19/h4-13,20-21H,2-3,14-17H2,1H3,(H,26,33)(H,27,29)(H,28,30)(H,31,32)/t20-,21-/m0/s1. The first kappa shape index (κ1) is 26.4. The van der Waals surface area contributed by atoms with Crippen LogP contribution in [0.5, 0.6) is 0 Å². The van der Waals surface area contributed by atoms with E-state index in [4.69, 9.17) is 4.74 Å². The highest BCUT2D eigenvalue weighted by atomic mass is 16.5. The van der Waals surface area contributed by atoms with Crippen LogP contribution in [0.15, 0.2) is 60.7 Å². The zero-order chi connectivity index (χ0) is 24.8. The highest BCUT2D eigenvalue weighted by molar-refractivity contribution is 5.91. The van der Waals surface area contributed by atoms with Crippen LogP contribution in [0.2, 0.25) is 0 Å². The molecule has 9 heteroatoms. The molecule has 4 N–H and O–H groups in total. The molecule has 3 amide bonds. The molecular weight excluding hydrogens is 438 g/mol. The van der Waals surface area contributed by atoms with Crippen LogP contribution in [0.3, 0.4) is 0 Å². The van der Waals surface area contributed by atoms with Crippen molar-refractivity contribution in [1.29, 1.82) is 0 Å². The number of carbonyl (C=O) groups excluding carboxylic acids is 3. The van der Waals surface area contributed by atoms with Gasteiger partial charge < -0.3 is 25.8 Å².